The lowest BCUT2D eigenvalue weighted by atomic mass is 10.3. The minimum Gasteiger partial charge on any atom is -0.508 e. The van der Waals surface area contributed by atoms with E-state index in [0.29, 0.717) is 6.61 Å². The zero-order valence-electron chi connectivity index (χ0n) is 9.34. The standard InChI is InChI=1S/C12H14N2O2/c1-9-13-10(7-14(9)2)8-16-12-5-3-11(15)4-6-12/h3-7,15H,8H2,1-2H3. The van der Waals surface area contributed by atoms with Gasteiger partial charge in [0.15, 0.2) is 0 Å². The molecule has 0 radical (unpaired) electrons. The minimum atomic E-state index is 0.237. The van der Waals surface area contributed by atoms with Crippen molar-refractivity contribution in [3.8, 4) is 11.5 Å². The number of phenolic OH excluding ortho intramolecular Hbond substituents is 1. The smallest absolute Gasteiger partial charge is 0.132 e. The van der Waals surface area contributed by atoms with Crippen molar-refractivity contribution in [3.05, 3.63) is 42.0 Å². The van der Waals surface area contributed by atoms with Crippen LogP contribution in [-0.4, -0.2) is 14.7 Å². The number of nitrogens with zero attached hydrogens (tertiary/aromatic N) is 2. The van der Waals surface area contributed by atoms with Crippen LogP contribution in [0.2, 0.25) is 0 Å². The van der Waals surface area contributed by atoms with Crippen molar-refractivity contribution < 1.29 is 9.84 Å². The van der Waals surface area contributed by atoms with Gasteiger partial charge in [0.05, 0.1) is 5.69 Å². The van der Waals surface area contributed by atoms with Crippen molar-refractivity contribution in [3.63, 3.8) is 0 Å². The number of benzene rings is 1. The molecule has 4 heteroatoms. The molecule has 0 bridgehead atoms. The Morgan fingerprint density at radius 3 is 2.56 bits per heavy atom. The number of phenols is 1. The molecule has 0 aliphatic carbocycles. The summed E-state index contributed by atoms with van der Waals surface area (Å²) in [6, 6.07) is 6.65. The molecule has 0 aliphatic heterocycles. The third-order valence-corrected chi connectivity index (χ3v) is 2.38. The number of hydrogen-bond acceptors (Lipinski definition) is 3. The summed E-state index contributed by atoms with van der Waals surface area (Å²) in [6.45, 7) is 2.39. The number of aryl methyl sites for hydroxylation is 2. The Balaban J connectivity index is 1.99. The molecule has 0 unspecified atom stereocenters. The van der Waals surface area contributed by atoms with Crippen LogP contribution in [0.3, 0.4) is 0 Å². The summed E-state index contributed by atoms with van der Waals surface area (Å²) < 4.78 is 7.48. The summed E-state index contributed by atoms with van der Waals surface area (Å²) in [5.41, 5.74) is 0.896. The normalized spacial score (nSPS) is 10.4. The van der Waals surface area contributed by atoms with Crippen molar-refractivity contribution in [2.75, 3.05) is 0 Å². The van der Waals surface area contributed by atoms with E-state index in [0.717, 1.165) is 17.3 Å². The van der Waals surface area contributed by atoms with Gasteiger partial charge < -0.3 is 14.4 Å². The SMILES string of the molecule is Cc1nc(COc2ccc(O)cc2)cn1C. The average Bonchev–Trinajstić information content (AvgIpc) is 2.58. The zero-order valence-corrected chi connectivity index (χ0v) is 9.34. The van der Waals surface area contributed by atoms with E-state index in [1.165, 1.54) is 0 Å². The lowest BCUT2D eigenvalue weighted by molar-refractivity contribution is 0.301. The van der Waals surface area contributed by atoms with Gasteiger partial charge in [-0.25, -0.2) is 4.98 Å². The molecule has 0 fully saturated rings. The molecule has 1 aromatic heterocycles. The Morgan fingerprint density at radius 1 is 1.31 bits per heavy atom. The molecule has 1 N–H and O–H groups in total. The minimum absolute atomic E-state index is 0.237. The summed E-state index contributed by atoms with van der Waals surface area (Å²) in [4.78, 5) is 4.33. The Bertz CT molecular complexity index is 455. The highest BCUT2D eigenvalue weighted by Gasteiger charge is 2.01. The first-order valence-corrected chi connectivity index (χ1v) is 5.06. The van der Waals surface area contributed by atoms with Gasteiger partial charge >= 0.3 is 0 Å². The number of imidazole rings is 1. The van der Waals surface area contributed by atoms with Crippen molar-refractivity contribution in [2.45, 2.75) is 13.5 Å². The highest BCUT2D eigenvalue weighted by Crippen LogP contribution is 2.17. The van der Waals surface area contributed by atoms with Gasteiger partial charge in [-0.1, -0.05) is 0 Å². The zero-order chi connectivity index (χ0) is 11.5. The maximum absolute atomic E-state index is 9.11. The Hall–Kier alpha value is -1.97. The highest BCUT2D eigenvalue weighted by atomic mass is 16.5. The molecule has 1 heterocycles. The molecule has 1 aromatic carbocycles. The van der Waals surface area contributed by atoms with E-state index in [1.54, 1.807) is 24.3 Å². The lowest BCUT2D eigenvalue weighted by Crippen LogP contribution is -1.95. The van der Waals surface area contributed by atoms with Crippen LogP contribution in [0.25, 0.3) is 0 Å². The van der Waals surface area contributed by atoms with Gasteiger partial charge in [-0.2, -0.15) is 0 Å². The predicted molar refractivity (Wildman–Crippen MR) is 60.4 cm³/mol. The summed E-state index contributed by atoms with van der Waals surface area (Å²) in [5, 5.41) is 9.11. The highest BCUT2D eigenvalue weighted by molar-refractivity contribution is 5.30. The second-order valence-corrected chi connectivity index (χ2v) is 3.67. The number of aromatic nitrogens is 2. The quantitative estimate of drug-likeness (QED) is 0.857. The molecule has 16 heavy (non-hydrogen) atoms. The molecular weight excluding hydrogens is 204 g/mol. The maximum atomic E-state index is 9.11. The van der Waals surface area contributed by atoms with Crippen LogP contribution in [-0.2, 0) is 13.7 Å². The molecule has 0 aliphatic rings. The van der Waals surface area contributed by atoms with E-state index in [-0.39, 0.29) is 5.75 Å². The van der Waals surface area contributed by atoms with Crippen LogP contribution in [0.15, 0.2) is 30.5 Å². The molecule has 0 amide bonds. The van der Waals surface area contributed by atoms with Gasteiger partial charge in [0.25, 0.3) is 0 Å². The summed E-state index contributed by atoms with van der Waals surface area (Å²) in [7, 11) is 1.95. The molecule has 2 aromatic rings. The third kappa shape index (κ3) is 2.34. The first-order valence-electron chi connectivity index (χ1n) is 5.06. The summed E-state index contributed by atoms with van der Waals surface area (Å²) in [6.07, 6.45) is 1.94. The fraction of sp³-hybridized carbons (Fsp3) is 0.250. The fourth-order valence-corrected chi connectivity index (χ4v) is 1.40. The molecule has 0 spiro atoms. The molecule has 0 saturated carbocycles. The van der Waals surface area contributed by atoms with E-state index in [2.05, 4.69) is 4.98 Å². The van der Waals surface area contributed by atoms with Gasteiger partial charge in [0.2, 0.25) is 0 Å². The predicted octanol–water partition coefficient (Wildman–Crippen LogP) is 2.01. The van der Waals surface area contributed by atoms with Crippen LogP contribution in [0.4, 0.5) is 0 Å². The monoisotopic (exact) mass is 218 g/mol. The Morgan fingerprint density at radius 2 is 2.00 bits per heavy atom. The first kappa shape index (κ1) is 10.5. The third-order valence-electron chi connectivity index (χ3n) is 2.38. The second-order valence-electron chi connectivity index (χ2n) is 3.67. The van der Waals surface area contributed by atoms with E-state index >= 15 is 0 Å². The molecule has 0 atom stereocenters. The van der Waals surface area contributed by atoms with Crippen LogP contribution < -0.4 is 4.74 Å². The van der Waals surface area contributed by atoms with E-state index in [4.69, 9.17) is 9.84 Å². The van der Waals surface area contributed by atoms with Crippen LogP contribution >= 0.6 is 0 Å². The molecule has 4 nitrogen and oxygen atoms in total. The number of ether oxygens (including phenoxy) is 1. The van der Waals surface area contributed by atoms with Crippen LogP contribution in [0.5, 0.6) is 11.5 Å². The topological polar surface area (TPSA) is 47.3 Å². The van der Waals surface area contributed by atoms with Crippen molar-refractivity contribution in [2.24, 2.45) is 7.05 Å². The van der Waals surface area contributed by atoms with Crippen LogP contribution in [0.1, 0.15) is 11.5 Å². The maximum Gasteiger partial charge on any atom is 0.132 e. The van der Waals surface area contributed by atoms with Gasteiger partial charge in [0.1, 0.15) is 23.9 Å². The Kier molecular flexibility index (Phi) is 2.81. The molecule has 84 valence electrons. The summed E-state index contributed by atoms with van der Waals surface area (Å²) in [5.74, 6) is 1.92. The van der Waals surface area contributed by atoms with Crippen molar-refractivity contribution >= 4 is 0 Å². The van der Waals surface area contributed by atoms with Gasteiger partial charge in [-0.15, -0.1) is 0 Å². The molecule has 2 rings (SSSR count). The largest absolute Gasteiger partial charge is 0.508 e. The fourth-order valence-electron chi connectivity index (χ4n) is 1.40. The van der Waals surface area contributed by atoms with Crippen molar-refractivity contribution in [1.82, 2.24) is 9.55 Å². The van der Waals surface area contributed by atoms with E-state index in [9.17, 15) is 0 Å². The van der Waals surface area contributed by atoms with Gasteiger partial charge in [0, 0.05) is 13.2 Å². The second kappa shape index (κ2) is 4.26. The van der Waals surface area contributed by atoms with Gasteiger partial charge in [-0.05, 0) is 31.2 Å². The lowest BCUT2D eigenvalue weighted by Gasteiger charge is -2.03. The molecule has 0 saturated heterocycles. The van der Waals surface area contributed by atoms with E-state index < -0.39 is 0 Å². The average molecular weight is 218 g/mol. The number of hydrogen-bond donors (Lipinski definition) is 1. The van der Waals surface area contributed by atoms with Crippen LogP contribution in [0, 0.1) is 6.92 Å². The first-order chi connectivity index (χ1) is 7.65. The number of rotatable bonds is 3. The summed E-state index contributed by atoms with van der Waals surface area (Å²) >= 11 is 0. The Labute approximate surface area is 94.1 Å². The van der Waals surface area contributed by atoms with Crippen molar-refractivity contribution in [1.29, 1.82) is 0 Å². The molecular formula is C12H14N2O2. The van der Waals surface area contributed by atoms with E-state index in [1.807, 2.05) is 24.7 Å². The van der Waals surface area contributed by atoms with Gasteiger partial charge in [-0.3, -0.25) is 0 Å². The number of aromatic hydroxyl groups is 1.